The highest BCUT2D eigenvalue weighted by atomic mass is 32.2. The molecule has 1 aliphatic rings. The Bertz CT molecular complexity index is 2090. The van der Waals surface area contributed by atoms with Crippen LogP contribution in [0.3, 0.4) is 0 Å². The van der Waals surface area contributed by atoms with E-state index in [1.54, 1.807) is 18.2 Å². The first-order valence-corrected chi connectivity index (χ1v) is 19.3. The van der Waals surface area contributed by atoms with Crippen LogP contribution in [0.1, 0.15) is 52.4 Å². The largest absolute Gasteiger partial charge is 0.370 e. The Kier molecular flexibility index (Phi) is 12.2. The third kappa shape index (κ3) is 10.3. The van der Waals surface area contributed by atoms with Gasteiger partial charge in [-0.05, 0) is 59.9 Å². The van der Waals surface area contributed by atoms with Crippen molar-refractivity contribution in [2.24, 2.45) is 0 Å². The third-order valence-electron chi connectivity index (χ3n) is 9.12. The second-order valence-electron chi connectivity index (χ2n) is 13.1. The van der Waals surface area contributed by atoms with Gasteiger partial charge in [0.25, 0.3) is 15.9 Å². The topological polar surface area (TPSA) is 98.8 Å². The molecule has 1 atom stereocenters. The van der Waals surface area contributed by atoms with E-state index in [-0.39, 0.29) is 17.2 Å². The van der Waals surface area contributed by atoms with E-state index in [2.05, 4.69) is 75.5 Å². The number of nitrogens with zero attached hydrogens (tertiary/aromatic N) is 2. The SMILES string of the molecule is CN(c1ccc(C(=O)NC(CC(=O)NS(=O)(=O)c2ccccc2)c2ccccc2)cc1N(C/C=C/c1ccccc1)C/C=C/c1ccccc1)C1CC1. The van der Waals surface area contributed by atoms with E-state index in [0.717, 1.165) is 35.3 Å². The van der Waals surface area contributed by atoms with E-state index in [0.29, 0.717) is 30.3 Å². The minimum atomic E-state index is -4.08. The van der Waals surface area contributed by atoms with Crippen molar-refractivity contribution < 1.29 is 18.0 Å². The molecule has 53 heavy (non-hydrogen) atoms. The second-order valence-corrected chi connectivity index (χ2v) is 14.7. The molecule has 0 aromatic heterocycles. The summed E-state index contributed by atoms with van der Waals surface area (Å²) in [7, 11) is -1.98. The summed E-state index contributed by atoms with van der Waals surface area (Å²) in [4.78, 5) is 31.8. The number of rotatable bonds is 16. The molecule has 5 aromatic carbocycles. The maximum atomic E-state index is 14.1. The Labute approximate surface area is 312 Å². The number of carbonyl (C=O) groups is 2. The predicted molar refractivity (Wildman–Crippen MR) is 214 cm³/mol. The molecule has 0 spiro atoms. The number of sulfonamides is 1. The zero-order valence-corrected chi connectivity index (χ0v) is 30.5. The molecule has 0 aliphatic heterocycles. The molecule has 9 heteroatoms. The molecule has 1 saturated carbocycles. The van der Waals surface area contributed by atoms with Gasteiger partial charge in [0, 0.05) is 31.7 Å². The van der Waals surface area contributed by atoms with Crippen molar-refractivity contribution in [3.05, 3.63) is 174 Å². The van der Waals surface area contributed by atoms with Gasteiger partial charge in [-0.15, -0.1) is 0 Å². The Morgan fingerprint density at radius 1 is 0.717 bits per heavy atom. The second kappa shape index (κ2) is 17.5. The van der Waals surface area contributed by atoms with E-state index >= 15 is 0 Å². The molecule has 5 aromatic rings. The molecule has 0 bridgehead atoms. The van der Waals surface area contributed by atoms with Gasteiger partial charge in [-0.25, -0.2) is 13.1 Å². The van der Waals surface area contributed by atoms with E-state index in [1.807, 2.05) is 84.9 Å². The number of hydrogen-bond acceptors (Lipinski definition) is 6. The highest BCUT2D eigenvalue weighted by molar-refractivity contribution is 7.90. The number of amides is 2. The van der Waals surface area contributed by atoms with Crippen LogP contribution in [0, 0.1) is 0 Å². The van der Waals surface area contributed by atoms with Crippen LogP contribution >= 0.6 is 0 Å². The molecule has 0 heterocycles. The standard InChI is InChI=1S/C44H44N4O4S/c1-47(38-27-28-38)41-29-26-37(32-42(41)48(30-14-20-34-16-6-2-7-17-34)31-15-21-35-18-8-3-9-19-35)44(50)45-40(36-22-10-4-11-23-36)33-43(49)46-53(51,52)39-24-12-5-13-25-39/h2-26,29,32,38,40H,27-28,30-31,33H2,1H3,(H,45,50)(H,46,49)/b20-14+,21-15+. The van der Waals surface area contributed by atoms with Gasteiger partial charge in [-0.2, -0.15) is 0 Å². The number of hydrogen-bond donors (Lipinski definition) is 2. The molecule has 2 N–H and O–H groups in total. The normalized spacial score (nSPS) is 13.5. The smallest absolute Gasteiger partial charge is 0.264 e. The van der Waals surface area contributed by atoms with Crippen LogP contribution in [0.2, 0.25) is 0 Å². The van der Waals surface area contributed by atoms with E-state index in [4.69, 9.17) is 0 Å². The van der Waals surface area contributed by atoms with Gasteiger partial charge < -0.3 is 15.1 Å². The molecule has 6 rings (SSSR count). The third-order valence-corrected chi connectivity index (χ3v) is 10.5. The summed E-state index contributed by atoms with van der Waals surface area (Å²) in [5.74, 6) is -1.11. The molecule has 0 radical (unpaired) electrons. The van der Waals surface area contributed by atoms with Crippen molar-refractivity contribution in [1.82, 2.24) is 10.0 Å². The molecule has 8 nitrogen and oxygen atoms in total. The quantitative estimate of drug-likeness (QED) is 0.108. The molecular weight excluding hydrogens is 681 g/mol. The fourth-order valence-electron chi connectivity index (χ4n) is 6.12. The molecule has 1 fully saturated rings. The monoisotopic (exact) mass is 724 g/mol. The molecule has 0 saturated heterocycles. The van der Waals surface area contributed by atoms with Gasteiger partial charge in [0.15, 0.2) is 0 Å². The predicted octanol–water partition coefficient (Wildman–Crippen LogP) is 7.88. The van der Waals surface area contributed by atoms with E-state index < -0.39 is 22.0 Å². The van der Waals surface area contributed by atoms with Gasteiger partial charge in [-0.3, -0.25) is 9.59 Å². The molecule has 270 valence electrons. The summed E-state index contributed by atoms with van der Waals surface area (Å²) in [6.45, 7) is 1.18. The first kappa shape index (κ1) is 36.8. The Morgan fingerprint density at radius 3 is 1.79 bits per heavy atom. The zero-order valence-electron chi connectivity index (χ0n) is 29.7. The summed E-state index contributed by atoms with van der Waals surface area (Å²) in [5.41, 5.74) is 5.24. The summed E-state index contributed by atoms with van der Waals surface area (Å²) < 4.78 is 28.0. The Morgan fingerprint density at radius 2 is 1.25 bits per heavy atom. The number of nitrogens with one attached hydrogen (secondary N) is 2. The lowest BCUT2D eigenvalue weighted by molar-refractivity contribution is -0.119. The summed E-state index contributed by atoms with van der Waals surface area (Å²) >= 11 is 0. The minimum Gasteiger partial charge on any atom is -0.370 e. The summed E-state index contributed by atoms with van der Waals surface area (Å²) in [5, 5.41) is 3.03. The maximum absolute atomic E-state index is 14.1. The van der Waals surface area contributed by atoms with Gasteiger partial charge in [0.05, 0.1) is 28.7 Å². The molecule has 1 aliphatic carbocycles. The van der Waals surface area contributed by atoms with Crippen molar-refractivity contribution >= 4 is 45.4 Å². The molecule has 2 amide bonds. The lowest BCUT2D eigenvalue weighted by Gasteiger charge is -2.30. The first-order chi connectivity index (χ1) is 25.8. The lowest BCUT2D eigenvalue weighted by atomic mass is 10.0. The number of carbonyl (C=O) groups excluding carboxylic acids is 2. The Balaban J connectivity index is 1.28. The summed E-state index contributed by atoms with van der Waals surface area (Å²) in [6.07, 6.45) is 10.4. The number of anilines is 2. The average molecular weight is 725 g/mol. The fourth-order valence-corrected chi connectivity index (χ4v) is 7.14. The van der Waals surface area contributed by atoms with Crippen LogP contribution < -0.4 is 19.8 Å². The van der Waals surface area contributed by atoms with Crippen LogP contribution in [0.25, 0.3) is 12.2 Å². The maximum Gasteiger partial charge on any atom is 0.264 e. The van der Waals surface area contributed by atoms with E-state index in [9.17, 15) is 18.0 Å². The zero-order chi connectivity index (χ0) is 37.0. The van der Waals surface area contributed by atoms with Crippen molar-refractivity contribution in [3.63, 3.8) is 0 Å². The molecule has 1 unspecified atom stereocenters. The number of benzene rings is 5. The van der Waals surface area contributed by atoms with Gasteiger partial charge >= 0.3 is 0 Å². The fraction of sp³-hybridized carbons (Fsp3) is 0.182. The van der Waals surface area contributed by atoms with Gasteiger partial charge in [0.2, 0.25) is 5.91 Å². The molecular formula is C44H44N4O4S. The van der Waals surface area contributed by atoms with Crippen LogP contribution in [0.4, 0.5) is 11.4 Å². The summed E-state index contributed by atoms with van der Waals surface area (Å²) in [6, 6.07) is 42.5. The van der Waals surface area contributed by atoms with Crippen molar-refractivity contribution in [3.8, 4) is 0 Å². The van der Waals surface area contributed by atoms with Crippen molar-refractivity contribution in [1.29, 1.82) is 0 Å². The van der Waals surface area contributed by atoms with Crippen LogP contribution in [0.15, 0.2) is 157 Å². The lowest BCUT2D eigenvalue weighted by Crippen LogP contribution is -2.36. The minimum absolute atomic E-state index is 0.0146. The average Bonchev–Trinajstić information content (AvgIpc) is 4.04. The van der Waals surface area contributed by atoms with Crippen LogP contribution in [-0.2, 0) is 14.8 Å². The van der Waals surface area contributed by atoms with Crippen LogP contribution in [-0.4, -0.2) is 46.4 Å². The Hall–Kier alpha value is -5.93. The highest BCUT2D eigenvalue weighted by Crippen LogP contribution is 2.37. The van der Waals surface area contributed by atoms with Gasteiger partial charge in [-0.1, -0.05) is 133 Å². The first-order valence-electron chi connectivity index (χ1n) is 17.8. The van der Waals surface area contributed by atoms with Crippen molar-refractivity contribution in [2.45, 2.75) is 36.2 Å². The van der Waals surface area contributed by atoms with E-state index in [1.165, 1.54) is 12.1 Å². The highest BCUT2D eigenvalue weighted by Gasteiger charge is 2.29. The van der Waals surface area contributed by atoms with Crippen molar-refractivity contribution in [2.75, 3.05) is 29.9 Å². The van der Waals surface area contributed by atoms with Crippen LogP contribution in [0.5, 0.6) is 0 Å². The van der Waals surface area contributed by atoms with Gasteiger partial charge in [0.1, 0.15) is 0 Å².